The highest BCUT2D eigenvalue weighted by molar-refractivity contribution is 6.28. The molecule has 3 aromatic rings. The molecule has 0 unspecified atom stereocenters. The molecule has 0 radical (unpaired) electrons. The van der Waals surface area contributed by atoms with Gasteiger partial charge in [-0.15, -0.1) is 0 Å². The van der Waals surface area contributed by atoms with Gasteiger partial charge in [-0.25, -0.2) is 13.8 Å². The molecule has 0 aliphatic rings. The zero-order chi connectivity index (χ0) is 14.1. The highest BCUT2D eigenvalue weighted by Gasteiger charge is 2.13. The van der Waals surface area contributed by atoms with Crippen LogP contribution in [0.2, 0.25) is 5.28 Å². The lowest BCUT2D eigenvalue weighted by atomic mass is 10.2. The molecule has 0 aliphatic carbocycles. The number of hydrogen-bond acceptors (Lipinski definition) is 5. The maximum absolute atomic E-state index is 13.7. The molecule has 0 fully saturated rings. The van der Waals surface area contributed by atoms with Crippen molar-refractivity contribution < 1.29 is 8.78 Å². The second-order valence-electron chi connectivity index (χ2n) is 3.69. The fraction of sp³-hybridized carbons (Fsp3) is 0. The van der Waals surface area contributed by atoms with Gasteiger partial charge in [0, 0.05) is 6.07 Å². The van der Waals surface area contributed by atoms with Crippen LogP contribution in [0.15, 0.2) is 30.9 Å². The third-order valence-corrected chi connectivity index (χ3v) is 2.56. The van der Waals surface area contributed by atoms with Crippen LogP contribution in [0.5, 0.6) is 0 Å². The van der Waals surface area contributed by atoms with Crippen LogP contribution in [0.1, 0.15) is 0 Å². The molecule has 3 rings (SSSR count). The highest BCUT2D eigenvalue weighted by Crippen LogP contribution is 2.21. The molecule has 2 aromatic heterocycles. The van der Waals surface area contributed by atoms with Gasteiger partial charge in [0.2, 0.25) is 5.28 Å². The van der Waals surface area contributed by atoms with Crippen LogP contribution in [0.25, 0.3) is 17.3 Å². The summed E-state index contributed by atoms with van der Waals surface area (Å²) in [6, 6.07) is 3.06. The van der Waals surface area contributed by atoms with Crippen LogP contribution in [0, 0.1) is 11.6 Å². The quantitative estimate of drug-likeness (QED) is 0.723. The lowest BCUT2D eigenvalue weighted by molar-refractivity contribution is 0.584. The normalized spacial score (nSPS) is 10.8. The van der Waals surface area contributed by atoms with Crippen molar-refractivity contribution in [2.45, 2.75) is 0 Å². The van der Waals surface area contributed by atoms with Crippen molar-refractivity contribution in [2.75, 3.05) is 0 Å². The summed E-state index contributed by atoms with van der Waals surface area (Å²) in [5.74, 6) is -1.42. The number of rotatable bonds is 2. The Morgan fingerprint density at radius 3 is 2.65 bits per heavy atom. The molecule has 9 heteroatoms. The molecule has 0 saturated heterocycles. The van der Waals surface area contributed by atoms with E-state index in [1.807, 2.05) is 0 Å². The number of benzene rings is 1. The summed E-state index contributed by atoms with van der Waals surface area (Å²) < 4.78 is 27.9. The van der Waals surface area contributed by atoms with E-state index < -0.39 is 11.6 Å². The van der Waals surface area contributed by atoms with Gasteiger partial charge in [-0.05, 0) is 23.7 Å². The van der Waals surface area contributed by atoms with E-state index in [1.165, 1.54) is 23.4 Å². The summed E-state index contributed by atoms with van der Waals surface area (Å²) >= 11 is 5.78. The molecule has 0 N–H and O–H groups in total. The predicted molar refractivity (Wildman–Crippen MR) is 65.1 cm³/mol. The van der Waals surface area contributed by atoms with Gasteiger partial charge in [-0.1, -0.05) is 0 Å². The third-order valence-electron chi connectivity index (χ3n) is 2.39. The molecule has 100 valence electrons. The first-order valence-corrected chi connectivity index (χ1v) is 5.73. The van der Waals surface area contributed by atoms with Gasteiger partial charge in [-0.3, -0.25) is 0 Å². The average molecular weight is 295 g/mol. The van der Waals surface area contributed by atoms with Crippen LogP contribution in [0.4, 0.5) is 8.78 Å². The minimum absolute atomic E-state index is 0.0112. The van der Waals surface area contributed by atoms with Gasteiger partial charge in [-0.2, -0.15) is 24.7 Å². The van der Waals surface area contributed by atoms with E-state index in [1.54, 1.807) is 0 Å². The molecule has 6 nitrogen and oxygen atoms in total. The van der Waals surface area contributed by atoms with Gasteiger partial charge < -0.3 is 0 Å². The van der Waals surface area contributed by atoms with Gasteiger partial charge in [0.25, 0.3) is 5.95 Å². The summed E-state index contributed by atoms with van der Waals surface area (Å²) in [5, 5.41) is 3.70. The predicted octanol–water partition coefficient (Wildman–Crippen LogP) is 2.05. The number of aromatic nitrogens is 6. The third kappa shape index (κ3) is 2.32. The molecule has 0 aliphatic heterocycles. The van der Waals surface area contributed by atoms with Crippen LogP contribution >= 0.6 is 11.6 Å². The standard InChI is InChI=1S/C11H5ClF2N6/c12-10-17-9(7-2-1-6(13)3-8(7)14)18-11(19-10)20-5-15-4-16-20/h1-5H. The van der Waals surface area contributed by atoms with Crippen molar-refractivity contribution in [3.63, 3.8) is 0 Å². The van der Waals surface area contributed by atoms with E-state index in [9.17, 15) is 8.78 Å². The monoisotopic (exact) mass is 294 g/mol. The first kappa shape index (κ1) is 12.5. The summed E-state index contributed by atoms with van der Waals surface area (Å²) in [4.78, 5) is 15.5. The number of nitrogens with zero attached hydrogens (tertiary/aromatic N) is 6. The highest BCUT2D eigenvalue weighted by atomic mass is 35.5. The number of halogens is 3. The molecule has 2 heterocycles. The molecule has 0 atom stereocenters. The Morgan fingerprint density at radius 1 is 1.10 bits per heavy atom. The molecule has 0 bridgehead atoms. The van der Waals surface area contributed by atoms with E-state index in [0.29, 0.717) is 0 Å². The van der Waals surface area contributed by atoms with E-state index in [0.717, 1.165) is 12.1 Å². The van der Waals surface area contributed by atoms with Crippen LogP contribution < -0.4 is 0 Å². The van der Waals surface area contributed by atoms with Gasteiger partial charge in [0.15, 0.2) is 5.82 Å². The summed E-state index contributed by atoms with van der Waals surface area (Å²) in [7, 11) is 0. The molecule has 1 aromatic carbocycles. The van der Waals surface area contributed by atoms with Crippen LogP contribution in [0.3, 0.4) is 0 Å². The van der Waals surface area contributed by atoms with Crippen molar-refractivity contribution in [3.05, 3.63) is 47.8 Å². The van der Waals surface area contributed by atoms with Crippen molar-refractivity contribution in [1.82, 2.24) is 29.7 Å². The lowest BCUT2D eigenvalue weighted by Crippen LogP contribution is -2.05. The first-order valence-electron chi connectivity index (χ1n) is 5.35. The fourth-order valence-electron chi connectivity index (χ4n) is 1.54. The molecule has 0 spiro atoms. The first-order chi connectivity index (χ1) is 9.63. The Morgan fingerprint density at radius 2 is 1.95 bits per heavy atom. The number of hydrogen-bond donors (Lipinski definition) is 0. The average Bonchev–Trinajstić information content (AvgIpc) is 2.91. The minimum Gasteiger partial charge on any atom is -0.223 e. The summed E-state index contributed by atoms with van der Waals surface area (Å²) in [6.07, 6.45) is 2.65. The Balaban J connectivity index is 2.14. The van der Waals surface area contributed by atoms with Gasteiger partial charge >= 0.3 is 0 Å². The maximum Gasteiger partial charge on any atom is 0.256 e. The largest absolute Gasteiger partial charge is 0.256 e. The van der Waals surface area contributed by atoms with Crippen molar-refractivity contribution in [1.29, 1.82) is 0 Å². The second-order valence-corrected chi connectivity index (χ2v) is 4.03. The summed E-state index contributed by atoms with van der Waals surface area (Å²) in [5.41, 5.74) is 0.0112. The lowest BCUT2D eigenvalue weighted by Gasteiger charge is -2.04. The van der Waals surface area contributed by atoms with E-state index in [4.69, 9.17) is 11.6 Å². The second kappa shape index (κ2) is 4.89. The van der Waals surface area contributed by atoms with Gasteiger partial charge in [0.1, 0.15) is 24.3 Å². The van der Waals surface area contributed by atoms with E-state index in [2.05, 4.69) is 25.0 Å². The van der Waals surface area contributed by atoms with E-state index in [-0.39, 0.29) is 22.6 Å². The SMILES string of the molecule is Fc1ccc(-c2nc(Cl)nc(-n3cncn3)n2)c(F)c1. The Hall–Kier alpha value is -2.48. The molecule has 0 saturated carbocycles. The molecule has 0 amide bonds. The Labute approximate surface area is 116 Å². The van der Waals surface area contributed by atoms with E-state index >= 15 is 0 Å². The molecule has 20 heavy (non-hydrogen) atoms. The zero-order valence-electron chi connectivity index (χ0n) is 9.70. The minimum atomic E-state index is -0.795. The van der Waals surface area contributed by atoms with Crippen molar-refractivity contribution in [2.24, 2.45) is 0 Å². The van der Waals surface area contributed by atoms with Crippen LogP contribution in [-0.4, -0.2) is 29.7 Å². The smallest absolute Gasteiger partial charge is 0.223 e. The summed E-state index contributed by atoms with van der Waals surface area (Å²) in [6.45, 7) is 0. The maximum atomic E-state index is 13.7. The zero-order valence-corrected chi connectivity index (χ0v) is 10.5. The molecular formula is C11H5ClF2N6. The van der Waals surface area contributed by atoms with Gasteiger partial charge in [0.05, 0.1) is 5.56 Å². The van der Waals surface area contributed by atoms with Crippen LogP contribution in [-0.2, 0) is 0 Å². The molecular weight excluding hydrogens is 290 g/mol. The topological polar surface area (TPSA) is 69.4 Å². The Kier molecular flexibility index (Phi) is 3.07. The van der Waals surface area contributed by atoms with Crippen molar-refractivity contribution >= 4 is 11.6 Å². The Bertz CT molecular complexity index is 762. The fourth-order valence-corrected chi connectivity index (χ4v) is 1.70. The van der Waals surface area contributed by atoms with Crippen molar-refractivity contribution in [3.8, 4) is 17.3 Å².